The van der Waals surface area contributed by atoms with Crippen molar-refractivity contribution in [3.8, 4) is 0 Å². The third kappa shape index (κ3) is 5.47. The molecular formula is C20H21NO6. The molecule has 0 aliphatic heterocycles. The zero-order valence-corrected chi connectivity index (χ0v) is 14.8. The first kappa shape index (κ1) is 20.3. The Morgan fingerprint density at radius 2 is 1.52 bits per heavy atom. The van der Waals surface area contributed by atoms with Gasteiger partial charge in [0.05, 0.1) is 6.61 Å². The summed E-state index contributed by atoms with van der Waals surface area (Å²) >= 11 is 0. The number of hydrogen-bond acceptors (Lipinski definition) is 6. The Balaban J connectivity index is 1.92. The number of ketones is 1. The third-order valence-electron chi connectivity index (χ3n) is 3.81. The van der Waals surface area contributed by atoms with Gasteiger partial charge in [0.15, 0.2) is 18.0 Å². The van der Waals surface area contributed by atoms with E-state index in [1.807, 2.05) is 6.07 Å². The maximum atomic E-state index is 12.3. The lowest BCUT2D eigenvalue weighted by Crippen LogP contribution is -2.46. The highest BCUT2D eigenvalue weighted by atomic mass is 16.5. The normalized spacial score (nSPS) is 12.7. The van der Waals surface area contributed by atoms with Gasteiger partial charge in [-0.2, -0.15) is 0 Å². The second-order valence-corrected chi connectivity index (χ2v) is 5.75. The van der Waals surface area contributed by atoms with Crippen LogP contribution in [0.1, 0.15) is 28.4 Å². The molecule has 142 valence electrons. The largest absolute Gasteiger partial charge is 0.464 e. The van der Waals surface area contributed by atoms with Gasteiger partial charge in [-0.1, -0.05) is 54.6 Å². The molecule has 0 aromatic heterocycles. The molecule has 0 aliphatic carbocycles. The molecule has 0 spiro atoms. The molecule has 0 saturated carbocycles. The summed E-state index contributed by atoms with van der Waals surface area (Å²) in [4.78, 5) is 35.5. The quantitative estimate of drug-likeness (QED) is 0.468. The maximum Gasteiger partial charge on any atom is 0.338 e. The van der Waals surface area contributed by atoms with Crippen LogP contribution in [0.4, 0.5) is 0 Å². The molecule has 0 heterocycles. The number of aliphatic hydroxyl groups excluding tert-OH is 2. The molecule has 0 radical (unpaired) electrons. The third-order valence-corrected chi connectivity index (χ3v) is 3.81. The van der Waals surface area contributed by atoms with Gasteiger partial charge in [0.1, 0.15) is 0 Å². The summed E-state index contributed by atoms with van der Waals surface area (Å²) in [6.07, 6.45) is -3.88. The van der Waals surface area contributed by atoms with Crippen molar-refractivity contribution in [1.82, 2.24) is 5.32 Å². The van der Waals surface area contributed by atoms with Gasteiger partial charge in [0.2, 0.25) is 0 Å². The van der Waals surface area contributed by atoms with Gasteiger partial charge in [-0.15, -0.1) is 0 Å². The minimum Gasteiger partial charge on any atom is -0.464 e. The number of carbonyl (C=O) groups is 3. The molecule has 1 amide bonds. The molecule has 3 N–H and O–H groups in total. The second kappa shape index (κ2) is 9.61. The van der Waals surface area contributed by atoms with Crippen LogP contribution in [0.2, 0.25) is 0 Å². The van der Waals surface area contributed by atoms with Gasteiger partial charge in [-0.25, -0.2) is 4.79 Å². The van der Waals surface area contributed by atoms with Crippen LogP contribution in [-0.2, 0) is 20.9 Å². The molecule has 7 nitrogen and oxygen atoms in total. The first-order valence-corrected chi connectivity index (χ1v) is 8.43. The van der Waals surface area contributed by atoms with E-state index in [1.165, 1.54) is 0 Å². The fourth-order valence-electron chi connectivity index (χ4n) is 2.32. The number of benzene rings is 2. The van der Waals surface area contributed by atoms with Gasteiger partial charge in [0.25, 0.3) is 5.91 Å². The summed E-state index contributed by atoms with van der Waals surface area (Å²) in [5.74, 6) is -2.08. The number of carbonyl (C=O) groups excluding carboxylic acids is 3. The first-order valence-electron chi connectivity index (χ1n) is 8.43. The van der Waals surface area contributed by atoms with E-state index in [-0.39, 0.29) is 18.9 Å². The Hall–Kier alpha value is -3.03. The highest BCUT2D eigenvalue weighted by Crippen LogP contribution is 2.11. The zero-order valence-electron chi connectivity index (χ0n) is 14.8. The Kier molecular flexibility index (Phi) is 7.22. The van der Waals surface area contributed by atoms with Crippen molar-refractivity contribution >= 4 is 17.7 Å². The molecule has 0 bridgehead atoms. The summed E-state index contributed by atoms with van der Waals surface area (Å²) in [5.41, 5.74) is 1.77. The van der Waals surface area contributed by atoms with E-state index in [9.17, 15) is 24.6 Å². The van der Waals surface area contributed by atoms with Gasteiger partial charge in [-0.05, 0) is 12.5 Å². The van der Waals surface area contributed by atoms with Crippen molar-refractivity contribution in [1.29, 1.82) is 0 Å². The van der Waals surface area contributed by atoms with Crippen molar-refractivity contribution in [2.75, 3.05) is 6.61 Å². The summed E-state index contributed by atoms with van der Waals surface area (Å²) in [6.45, 7) is 1.63. The van der Waals surface area contributed by atoms with E-state index >= 15 is 0 Å². The van der Waals surface area contributed by atoms with Crippen molar-refractivity contribution < 1.29 is 29.3 Å². The Labute approximate surface area is 156 Å². The van der Waals surface area contributed by atoms with Crippen molar-refractivity contribution in [3.05, 3.63) is 71.3 Å². The molecule has 2 aromatic rings. The molecule has 0 aliphatic rings. The number of hydrogen-bond donors (Lipinski definition) is 3. The van der Waals surface area contributed by atoms with Gasteiger partial charge in [0, 0.05) is 17.7 Å². The van der Waals surface area contributed by atoms with E-state index in [1.54, 1.807) is 55.5 Å². The number of amides is 1. The van der Waals surface area contributed by atoms with Gasteiger partial charge < -0.3 is 20.3 Å². The SMILES string of the molecule is CCOC(=O)[C@H](O)[C@@H](O)C(=O)NCc1ccc(C(=O)c2ccccc2)cc1. The fraction of sp³-hybridized carbons (Fsp3) is 0.250. The molecule has 2 atom stereocenters. The smallest absolute Gasteiger partial charge is 0.338 e. The number of ether oxygens (including phenoxy) is 1. The number of esters is 1. The lowest BCUT2D eigenvalue weighted by Gasteiger charge is -2.16. The second-order valence-electron chi connectivity index (χ2n) is 5.75. The number of aliphatic hydroxyl groups is 2. The average molecular weight is 371 g/mol. The van der Waals surface area contributed by atoms with Crippen LogP contribution in [0.3, 0.4) is 0 Å². The minimum absolute atomic E-state index is 0.0261. The average Bonchev–Trinajstić information content (AvgIpc) is 2.71. The van der Waals surface area contributed by atoms with Crippen molar-refractivity contribution in [3.63, 3.8) is 0 Å². The van der Waals surface area contributed by atoms with Crippen LogP contribution in [0.25, 0.3) is 0 Å². The van der Waals surface area contributed by atoms with E-state index in [0.717, 1.165) is 0 Å². The predicted molar refractivity (Wildman–Crippen MR) is 96.8 cm³/mol. The summed E-state index contributed by atoms with van der Waals surface area (Å²) in [7, 11) is 0. The van der Waals surface area contributed by atoms with Crippen LogP contribution in [0, 0.1) is 0 Å². The van der Waals surface area contributed by atoms with E-state index < -0.39 is 24.1 Å². The molecule has 0 fully saturated rings. The predicted octanol–water partition coefficient (Wildman–Crippen LogP) is 0.819. The highest BCUT2D eigenvalue weighted by molar-refractivity contribution is 6.08. The van der Waals surface area contributed by atoms with Gasteiger partial charge in [-0.3, -0.25) is 9.59 Å². The van der Waals surface area contributed by atoms with Crippen LogP contribution >= 0.6 is 0 Å². The lowest BCUT2D eigenvalue weighted by molar-refractivity contribution is -0.163. The molecule has 7 heteroatoms. The van der Waals surface area contributed by atoms with Crippen molar-refractivity contribution in [2.45, 2.75) is 25.7 Å². The lowest BCUT2D eigenvalue weighted by atomic mass is 10.0. The van der Waals surface area contributed by atoms with Crippen LogP contribution in [0.5, 0.6) is 0 Å². The molecular weight excluding hydrogens is 350 g/mol. The summed E-state index contributed by atoms with van der Waals surface area (Å²) < 4.78 is 4.55. The van der Waals surface area contributed by atoms with E-state index in [4.69, 9.17) is 0 Å². The van der Waals surface area contributed by atoms with Crippen LogP contribution < -0.4 is 5.32 Å². The fourth-order valence-corrected chi connectivity index (χ4v) is 2.32. The molecule has 0 unspecified atom stereocenters. The number of rotatable bonds is 8. The Morgan fingerprint density at radius 3 is 2.11 bits per heavy atom. The molecule has 0 saturated heterocycles. The van der Waals surface area contributed by atoms with Crippen LogP contribution in [0.15, 0.2) is 54.6 Å². The highest BCUT2D eigenvalue weighted by Gasteiger charge is 2.31. The van der Waals surface area contributed by atoms with Crippen LogP contribution in [-0.4, -0.2) is 46.7 Å². The topological polar surface area (TPSA) is 113 Å². The van der Waals surface area contributed by atoms with E-state index in [0.29, 0.717) is 16.7 Å². The molecule has 2 rings (SSSR count). The molecule has 27 heavy (non-hydrogen) atoms. The summed E-state index contributed by atoms with van der Waals surface area (Å²) in [5, 5.41) is 21.7. The summed E-state index contributed by atoms with van der Waals surface area (Å²) in [6, 6.07) is 15.5. The monoisotopic (exact) mass is 371 g/mol. The maximum absolute atomic E-state index is 12.3. The zero-order chi connectivity index (χ0) is 19.8. The van der Waals surface area contributed by atoms with Crippen molar-refractivity contribution in [2.24, 2.45) is 0 Å². The Morgan fingerprint density at radius 1 is 0.926 bits per heavy atom. The standard InChI is InChI=1S/C20H21NO6/c1-2-27-20(26)18(24)17(23)19(25)21-12-13-8-10-15(11-9-13)16(22)14-6-4-3-5-7-14/h3-11,17-18,23-24H,2,12H2,1H3,(H,21,25)/t17-,18-/m1/s1. The minimum atomic E-state index is -1.95. The van der Waals surface area contributed by atoms with Gasteiger partial charge >= 0.3 is 5.97 Å². The Bertz CT molecular complexity index is 788. The molecule has 2 aromatic carbocycles. The number of nitrogens with one attached hydrogen (secondary N) is 1. The first-order chi connectivity index (χ1) is 12.9. The van der Waals surface area contributed by atoms with E-state index in [2.05, 4.69) is 10.1 Å².